The van der Waals surface area contributed by atoms with Crippen LogP contribution in [-0.2, 0) is 11.3 Å². The van der Waals surface area contributed by atoms with E-state index in [1.807, 2.05) is 0 Å². The van der Waals surface area contributed by atoms with Crippen LogP contribution in [0, 0.1) is 0 Å². The molecule has 0 heterocycles. The molecule has 0 atom stereocenters. The predicted molar refractivity (Wildman–Crippen MR) is 73.3 cm³/mol. The highest BCUT2D eigenvalue weighted by atomic mass is 16.5. The molecule has 96 valence electrons. The number of rotatable bonds is 7. The Hall–Kier alpha value is -0.860. The highest BCUT2D eigenvalue weighted by molar-refractivity contribution is 5.24. The Labute approximate surface area is 105 Å². The first kappa shape index (κ1) is 14.2. The van der Waals surface area contributed by atoms with Gasteiger partial charge in [-0.1, -0.05) is 38.1 Å². The largest absolute Gasteiger partial charge is 0.377 e. The Morgan fingerprint density at radius 2 is 1.71 bits per heavy atom. The molecule has 0 unspecified atom stereocenters. The third-order valence-corrected chi connectivity index (χ3v) is 2.71. The maximum absolute atomic E-state index is 5.47. The quantitative estimate of drug-likeness (QED) is 0.732. The lowest BCUT2D eigenvalue weighted by atomic mass is 10.0. The summed E-state index contributed by atoms with van der Waals surface area (Å²) in [6.45, 7) is 11.2. The van der Waals surface area contributed by atoms with E-state index in [0.717, 1.165) is 19.7 Å². The fourth-order valence-corrected chi connectivity index (χ4v) is 1.62. The molecule has 0 radical (unpaired) electrons. The van der Waals surface area contributed by atoms with Crippen molar-refractivity contribution in [3.63, 3.8) is 0 Å². The first-order valence-corrected chi connectivity index (χ1v) is 6.50. The van der Waals surface area contributed by atoms with Crippen LogP contribution < -0.4 is 5.32 Å². The number of ether oxygens (including phenoxy) is 1. The molecule has 0 saturated carbocycles. The van der Waals surface area contributed by atoms with E-state index >= 15 is 0 Å². The van der Waals surface area contributed by atoms with Gasteiger partial charge in [-0.25, -0.2) is 0 Å². The molecule has 0 amide bonds. The van der Waals surface area contributed by atoms with Crippen molar-refractivity contribution in [2.24, 2.45) is 0 Å². The average Bonchev–Trinajstić information content (AvgIpc) is 2.29. The molecule has 17 heavy (non-hydrogen) atoms. The van der Waals surface area contributed by atoms with Gasteiger partial charge in [0, 0.05) is 13.1 Å². The molecule has 1 aromatic rings. The number of hydrogen-bond donors (Lipinski definition) is 1. The van der Waals surface area contributed by atoms with Gasteiger partial charge in [0.1, 0.15) is 0 Å². The molecule has 2 heteroatoms. The topological polar surface area (TPSA) is 21.3 Å². The second kappa shape index (κ2) is 7.46. The van der Waals surface area contributed by atoms with Gasteiger partial charge in [0.15, 0.2) is 0 Å². The zero-order chi connectivity index (χ0) is 12.7. The molecule has 0 aromatic heterocycles. The molecular weight excluding hydrogens is 210 g/mol. The zero-order valence-electron chi connectivity index (χ0n) is 11.5. The highest BCUT2D eigenvalue weighted by Gasteiger charge is 1.98. The lowest BCUT2D eigenvalue weighted by Gasteiger charge is -2.09. The SMILES string of the molecule is CC(C)OCCNCc1ccc(C(C)C)cc1. The van der Waals surface area contributed by atoms with Crippen LogP contribution in [-0.4, -0.2) is 19.3 Å². The third-order valence-electron chi connectivity index (χ3n) is 2.71. The first-order chi connectivity index (χ1) is 8.09. The summed E-state index contributed by atoms with van der Waals surface area (Å²) in [6.07, 6.45) is 0.321. The van der Waals surface area contributed by atoms with E-state index in [2.05, 4.69) is 57.3 Å². The minimum Gasteiger partial charge on any atom is -0.377 e. The molecule has 0 bridgehead atoms. The Kier molecular flexibility index (Phi) is 6.23. The van der Waals surface area contributed by atoms with Crippen LogP contribution in [0.5, 0.6) is 0 Å². The third kappa shape index (κ3) is 5.85. The van der Waals surface area contributed by atoms with Crippen molar-refractivity contribution in [1.29, 1.82) is 0 Å². The van der Waals surface area contributed by atoms with Gasteiger partial charge in [0.05, 0.1) is 12.7 Å². The van der Waals surface area contributed by atoms with Crippen LogP contribution in [0.1, 0.15) is 44.7 Å². The van der Waals surface area contributed by atoms with E-state index in [4.69, 9.17) is 4.74 Å². The van der Waals surface area contributed by atoms with E-state index in [9.17, 15) is 0 Å². The molecule has 0 aliphatic carbocycles. The molecule has 1 N–H and O–H groups in total. The molecule has 1 aromatic carbocycles. The zero-order valence-corrected chi connectivity index (χ0v) is 11.5. The van der Waals surface area contributed by atoms with Crippen molar-refractivity contribution >= 4 is 0 Å². The number of hydrogen-bond acceptors (Lipinski definition) is 2. The van der Waals surface area contributed by atoms with Gasteiger partial charge in [0.25, 0.3) is 0 Å². The molecule has 1 rings (SSSR count). The van der Waals surface area contributed by atoms with Crippen molar-refractivity contribution in [2.75, 3.05) is 13.2 Å². The average molecular weight is 235 g/mol. The Morgan fingerprint density at radius 1 is 1.06 bits per heavy atom. The molecule has 0 fully saturated rings. The lowest BCUT2D eigenvalue weighted by molar-refractivity contribution is 0.0807. The molecular formula is C15H25NO. The smallest absolute Gasteiger partial charge is 0.0594 e. The second-order valence-electron chi connectivity index (χ2n) is 4.99. The minimum atomic E-state index is 0.321. The number of benzene rings is 1. The van der Waals surface area contributed by atoms with Crippen LogP contribution >= 0.6 is 0 Å². The maximum Gasteiger partial charge on any atom is 0.0594 e. The molecule has 2 nitrogen and oxygen atoms in total. The van der Waals surface area contributed by atoms with Gasteiger partial charge < -0.3 is 10.1 Å². The summed E-state index contributed by atoms with van der Waals surface area (Å²) in [6, 6.07) is 8.83. The van der Waals surface area contributed by atoms with E-state index in [1.54, 1.807) is 0 Å². The second-order valence-corrected chi connectivity index (χ2v) is 4.99. The van der Waals surface area contributed by atoms with Crippen molar-refractivity contribution in [3.05, 3.63) is 35.4 Å². The van der Waals surface area contributed by atoms with Gasteiger partial charge in [-0.15, -0.1) is 0 Å². The normalized spacial score (nSPS) is 11.4. The summed E-state index contributed by atoms with van der Waals surface area (Å²) in [7, 11) is 0. The Bertz CT molecular complexity index is 303. The van der Waals surface area contributed by atoms with E-state index in [0.29, 0.717) is 12.0 Å². The van der Waals surface area contributed by atoms with Crippen molar-refractivity contribution < 1.29 is 4.74 Å². The number of nitrogens with one attached hydrogen (secondary N) is 1. The Balaban J connectivity index is 2.23. The standard InChI is InChI=1S/C15H25NO/c1-12(2)15-7-5-14(6-8-15)11-16-9-10-17-13(3)4/h5-8,12-13,16H,9-11H2,1-4H3. The lowest BCUT2D eigenvalue weighted by Crippen LogP contribution is -2.20. The summed E-state index contributed by atoms with van der Waals surface area (Å²) >= 11 is 0. The van der Waals surface area contributed by atoms with Gasteiger partial charge in [-0.05, 0) is 30.9 Å². The fraction of sp³-hybridized carbons (Fsp3) is 0.600. The first-order valence-electron chi connectivity index (χ1n) is 6.50. The van der Waals surface area contributed by atoms with Crippen LogP contribution in [0.2, 0.25) is 0 Å². The highest BCUT2D eigenvalue weighted by Crippen LogP contribution is 2.14. The van der Waals surface area contributed by atoms with Crippen molar-refractivity contribution in [1.82, 2.24) is 5.32 Å². The van der Waals surface area contributed by atoms with E-state index in [1.165, 1.54) is 11.1 Å². The molecule has 0 aliphatic rings. The monoisotopic (exact) mass is 235 g/mol. The molecule has 0 saturated heterocycles. The molecule has 0 spiro atoms. The van der Waals surface area contributed by atoms with Gasteiger partial charge in [-0.3, -0.25) is 0 Å². The molecule has 0 aliphatic heterocycles. The van der Waals surface area contributed by atoms with Gasteiger partial charge >= 0.3 is 0 Å². The minimum absolute atomic E-state index is 0.321. The van der Waals surface area contributed by atoms with Crippen LogP contribution in [0.4, 0.5) is 0 Å². The van der Waals surface area contributed by atoms with Crippen LogP contribution in [0.3, 0.4) is 0 Å². The summed E-state index contributed by atoms with van der Waals surface area (Å²) in [5.74, 6) is 0.608. The van der Waals surface area contributed by atoms with Gasteiger partial charge in [0.2, 0.25) is 0 Å². The summed E-state index contributed by atoms with van der Waals surface area (Å²) in [4.78, 5) is 0. The van der Waals surface area contributed by atoms with Crippen molar-refractivity contribution in [3.8, 4) is 0 Å². The van der Waals surface area contributed by atoms with E-state index in [-0.39, 0.29) is 0 Å². The Morgan fingerprint density at radius 3 is 2.24 bits per heavy atom. The summed E-state index contributed by atoms with van der Waals surface area (Å²) < 4.78 is 5.47. The predicted octanol–water partition coefficient (Wildman–Crippen LogP) is 3.32. The van der Waals surface area contributed by atoms with E-state index < -0.39 is 0 Å². The fourth-order valence-electron chi connectivity index (χ4n) is 1.62. The van der Waals surface area contributed by atoms with Gasteiger partial charge in [-0.2, -0.15) is 0 Å². The maximum atomic E-state index is 5.47. The summed E-state index contributed by atoms with van der Waals surface area (Å²) in [5.41, 5.74) is 2.73. The van der Waals surface area contributed by atoms with Crippen LogP contribution in [0.15, 0.2) is 24.3 Å². The summed E-state index contributed by atoms with van der Waals surface area (Å²) in [5, 5.41) is 3.38. The van der Waals surface area contributed by atoms with Crippen molar-refractivity contribution in [2.45, 2.75) is 46.3 Å². The van der Waals surface area contributed by atoms with Crippen LogP contribution in [0.25, 0.3) is 0 Å².